The predicted octanol–water partition coefficient (Wildman–Crippen LogP) is 3.38. The van der Waals surface area contributed by atoms with Crippen LogP contribution in [0.2, 0.25) is 0 Å². The Kier molecular flexibility index (Phi) is 7.94. The molecule has 0 aromatic carbocycles. The SMILES string of the molecule is CC(C)CNCC(Cc1ncnn1CC(C)C)CC(C)C. The molecule has 0 aliphatic heterocycles. The van der Waals surface area contributed by atoms with Gasteiger partial charge in [-0.25, -0.2) is 9.67 Å². The lowest BCUT2D eigenvalue weighted by atomic mass is 9.93. The Bertz CT molecular complexity index is 382. The molecule has 1 heterocycles. The second-order valence-corrected chi connectivity index (χ2v) is 7.50. The quantitative estimate of drug-likeness (QED) is 0.719. The van der Waals surface area contributed by atoms with Crippen molar-refractivity contribution in [3.63, 3.8) is 0 Å². The first-order chi connectivity index (χ1) is 9.88. The van der Waals surface area contributed by atoms with Crippen LogP contribution in [0.5, 0.6) is 0 Å². The van der Waals surface area contributed by atoms with E-state index >= 15 is 0 Å². The van der Waals surface area contributed by atoms with Crippen molar-refractivity contribution in [1.82, 2.24) is 20.1 Å². The second-order valence-electron chi connectivity index (χ2n) is 7.50. The van der Waals surface area contributed by atoms with E-state index in [0.717, 1.165) is 37.8 Å². The fourth-order valence-corrected chi connectivity index (χ4v) is 2.68. The number of hydrogen-bond donors (Lipinski definition) is 1. The first-order valence-corrected chi connectivity index (χ1v) is 8.45. The molecule has 1 atom stereocenters. The van der Waals surface area contributed by atoms with E-state index in [4.69, 9.17) is 0 Å². The van der Waals surface area contributed by atoms with Crippen LogP contribution in [0.1, 0.15) is 53.8 Å². The molecular formula is C17H34N4. The normalized spacial score (nSPS) is 13.6. The van der Waals surface area contributed by atoms with Crippen LogP contribution in [0.3, 0.4) is 0 Å². The lowest BCUT2D eigenvalue weighted by Gasteiger charge is -2.20. The molecule has 0 bridgehead atoms. The van der Waals surface area contributed by atoms with Crippen molar-refractivity contribution >= 4 is 0 Å². The summed E-state index contributed by atoms with van der Waals surface area (Å²) < 4.78 is 2.08. The van der Waals surface area contributed by atoms with Gasteiger partial charge in [0.25, 0.3) is 0 Å². The van der Waals surface area contributed by atoms with Gasteiger partial charge in [-0.05, 0) is 43.2 Å². The summed E-state index contributed by atoms with van der Waals surface area (Å²) in [5.41, 5.74) is 0. The van der Waals surface area contributed by atoms with Crippen LogP contribution in [0.15, 0.2) is 6.33 Å². The van der Waals surface area contributed by atoms with Crippen molar-refractivity contribution in [1.29, 1.82) is 0 Å². The van der Waals surface area contributed by atoms with E-state index in [1.807, 2.05) is 0 Å². The Labute approximate surface area is 130 Å². The molecule has 4 heteroatoms. The molecule has 0 spiro atoms. The predicted molar refractivity (Wildman–Crippen MR) is 89.2 cm³/mol. The zero-order valence-corrected chi connectivity index (χ0v) is 14.8. The van der Waals surface area contributed by atoms with E-state index in [1.54, 1.807) is 6.33 Å². The summed E-state index contributed by atoms with van der Waals surface area (Å²) in [5, 5.41) is 7.99. The molecule has 1 unspecified atom stereocenters. The first-order valence-electron chi connectivity index (χ1n) is 8.45. The maximum absolute atomic E-state index is 4.48. The maximum Gasteiger partial charge on any atom is 0.138 e. The summed E-state index contributed by atoms with van der Waals surface area (Å²) in [6.07, 6.45) is 3.96. The lowest BCUT2D eigenvalue weighted by molar-refractivity contribution is 0.359. The molecule has 1 aromatic heterocycles. The smallest absolute Gasteiger partial charge is 0.138 e. The van der Waals surface area contributed by atoms with Crippen LogP contribution in [-0.4, -0.2) is 27.9 Å². The largest absolute Gasteiger partial charge is 0.316 e. The zero-order chi connectivity index (χ0) is 15.8. The van der Waals surface area contributed by atoms with Gasteiger partial charge in [0.1, 0.15) is 12.2 Å². The first kappa shape index (κ1) is 18.1. The molecule has 0 amide bonds. The third-order valence-electron chi connectivity index (χ3n) is 3.50. The number of hydrogen-bond acceptors (Lipinski definition) is 3. The van der Waals surface area contributed by atoms with Crippen LogP contribution in [-0.2, 0) is 13.0 Å². The minimum Gasteiger partial charge on any atom is -0.316 e. The van der Waals surface area contributed by atoms with E-state index in [-0.39, 0.29) is 0 Å². The molecule has 0 fully saturated rings. The summed E-state index contributed by atoms with van der Waals surface area (Å²) in [6.45, 7) is 16.7. The molecule has 0 saturated carbocycles. The van der Waals surface area contributed by atoms with Crippen molar-refractivity contribution < 1.29 is 0 Å². The number of nitrogens with one attached hydrogen (secondary N) is 1. The van der Waals surface area contributed by atoms with E-state index in [2.05, 4.69) is 61.6 Å². The fraction of sp³-hybridized carbons (Fsp3) is 0.882. The van der Waals surface area contributed by atoms with Gasteiger partial charge in [-0.3, -0.25) is 0 Å². The van der Waals surface area contributed by atoms with Gasteiger partial charge in [0.2, 0.25) is 0 Å². The summed E-state index contributed by atoms with van der Waals surface area (Å²) in [5.74, 6) is 3.80. The monoisotopic (exact) mass is 294 g/mol. The van der Waals surface area contributed by atoms with Crippen LogP contribution < -0.4 is 5.32 Å². The number of aromatic nitrogens is 3. The zero-order valence-electron chi connectivity index (χ0n) is 14.8. The van der Waals surface area contributed by atoms with Gasteiger partial charge in [-0.15, -0.1) is 0 Å². The summed E-state index contributed by atoms with van der Waals surface area (Å²) in [6, 6.07) is 0. The van der Waals surface area contributed by atoms with E-state index in [1.165, 1.54) is 6.42 Å². The third-order valence-corrected chi connectivity index (χ3v) is 3.50. The fourth-order valence-electron chi connectivity index (χ4n) is 2.68. The Balaban J connectivity index is 2.60. The van der Waals surface area contributed by atoms with Crippen molar-refractivity contribution in [2.24, 2.45) is 23.7 Å². The average molecular weight is 294 g/mol. The van der Waals surface area contributed by atoms with Gasteiger partial charge in [-0.2, -0.15) is 5.10 Å². The highest BCUT2D eigenvalue weighted by Gasteiger charge is 2.16. The topological polar surface area (TPSA) is 42.7 Å². The van der Waals surface area contributed by atoms with Gasteiger partial charge in [0, 0.05) is 13.0 Å². The van der Waals surface area contributed by atoms with Crippen LogP contribution >= 0.6 is 0 Å². The van der Waals surface area contributed by atoms with Crippen molar-refractivity contribution in [3.05, 3.63) is 12.2 Å². The molecule has 1 N–H and O–H groups in total. The number of nitrogens with zero attached hydrogens (tertiary/aromatic N) is 3. The Morgan fingerprint density at radius 3 is 2.29 bits per heavy atom. The Hall–Kier alpha value is -0.900. The van der Waals surface area contributed by atoms with Crippen LogP contribution in [0.25, 0.3) is 0 Å². The summed E-state index contributed by atoms with van der Waals surface area (Å²) in [7, 11) is 0. The highest BCUT2D eigenvalue weighted by molar-refractivity contribution is 4.88. The second kappa shape index (κ2) is 9.19. The highest BCUT2D eigenvalue weighted by Crippen LogP contribution is 2.16. The van der Waals surface area contributed by atoms with Crippen LogP contribution in [0.4, 0.5) is 0 Å². The standard InChI is InChI=1S/C17H34N4/c1-13(2)7-16(10-18-9-14(3)4)8-17-19-12-20-21(17)11-15(5)6/h12-16,18H,7-11H2,1-6H3. The Morgan fingerprint density at radius 2 is 1.71 bits per heavy atom. The lowest BCUT2D eigenvalue weighted by Crippen LogP contribution is -2.29. The molecule has 0 radical (unpaired) electrons. The molecule has 1 aromatic rings. The van der Waals surface area contributed by atoms with E-state index in [0.29, 0.717) is 17.8 Å². The van der Waals surface area contributed by atoms with Gasteiger partial charge >= 0.3 is 0 Å². The molecule has 4 nitrogen and oxygen atoms in total. The van der Waals surface area contributed by atoms with E-state index in [9.17, 15) is 0 Å². The van der Waals surface area contributed by atoms with Gasteiger partial charge in [0.15, 0.2) is 0 Å². The highest BCUT2D eigenvalue weighted by atomic mass is 15.3. The van der Waals surface area contributed by atoms with Crippen molar-refractivity contribution in [2.45, 2.75) is 60.9 Å². The van der Waals surface area contributed by atoms with Gasteiger partial charge < -0.3 is 5.32 Å². The van der Waals surface area contributed by atoms with Crippen molar-refractivity contribution in [2.75, 3.05) is 13.1 Å². The molecular weight excluding hydrogens is 260 g/mol. The molecule has 122 valence electrons. The average Bonchev–Trinajstić information content (AvgIpc) is 2.74. The molecule has 0 aliphatic carbocycles. The summed E-state index contributed by atoms with van der Waals surface area (Å²) >= 11 is 0. The van der Waals surface area contributed by atoms with Gasteiger partial charge in [-0.1, -0.05) is 41.5 Å². The third kappa shape index (κ3) is 7.60. The van der Waals surface area contributed by atoms with Crippen LogP contribution in [0, 0.1) is 23.7 Å². The van der Waals surface area contributed by atoms with Gasteiger partial charge in [0.05, 0.1) is 0 Å². The maximum atomic E-state index is 4.48. The minimum atomic E-state index is 0.605. The summed E-state index contributed by atoms with van der Waals surface area (Å²) in [4.78, 5) is 4.48. The number of rotatable bonds is 10. The Morgan fingerprint density at radius 1 is 1.00 bits per heavy atom. The minimum absolute atomic E-state index is 0.605. The van der Waals surface area contributed by atoms with Crippen molar-refractivity contribution in [3.8, 4) is 0 Å². The molecule has 0 aliphatic rings. The van der Waals surface area contributed by atoms with E-state index < -0.39 is 0 Å². The molecule has 1 rings (SSSR count). The molecule has 21 heavy (non-hydrogen) atoms. The molecule has 0 saturated heterocycles.